The van der Waals surface area contributed by atoms with Crippen LogP contribution in [-0.4, -0.2) is 25.2 Å². The average Bonchev–Trinajstić information content (AvgIpc) is 2.27. The van der Waals surface area contributed by atoms with Crippen molar-refractivity contribution in [2.24, 2.45) is 0 Å². The molecule has 1 atom stereocenters. The second kappa shape index (κ2) is 4.60. The maximum Gasteiger partial charge on any atom is 0.312 e. The average molecular weight is 195 g/mol. The minimum absolute atomic E-state index is 0.266. The zero-order valence-corrected chi connectivity index (χ0v) is 8.48. The zero-order chi connectivity index (χ0) is 10.6. The van der Waals surface area contributed by atoms with E-state index in [9.17, 15) is 4.79 Å². The molecular weight excluding hydrogens is 182 g/mol. The summed E-state index contributed by atoms with van der Waals surface area (Å²) in [5.41, 5.74) is 0.837. The predicted octanol–water partition coefficient (Wildman–Crippen LogP) is 1.37. The highest BCUT2D eigenvalue weighted by molar-refractivity contribution is 5.77. The van der Waals surface area contributed by atoms with Crippen LogP contribution in [0.4, 0.5) is 0 Å². The van der Waals surface area contributed by atoms with E-state index in [1.54, 1.807) is 25.3 Å². The summed E-state index contributed by atoms with van der Waals surface area (Å²) in [6.07, 6.45) is 1.60. The van der Waals surface area contributed by atoms with Crippen LogP contribution < -0.4 is 4.74 Å². The number of carbonyl (C=O) groups is 1. The SMILES string of the molecule is COC(=O)C(C)c1ccnc(OC)c1. The summed E-state index contributed by atoms with van der Waals surface area (Å²) in [5.74, 6) is -0.0617. The summed E-state index contributed by atoms with van der Waals surface area (Å²) >= 11 is 0. The molecule has 0 fully saturated rings. The molecule has 76 valence electrons. The summed E-state index contributed by atoms with van der Waals surface area (Å²) in [6.45, 7) is 1.78. The van der Waals surface area contributed by atoms with Crippen LogP contribution in [-0.2, 0) is 9.53 Å². The van der Waals surface area contributed by atoms with Crippen molar-refractivity contribution in [2.75, 3.05) is 14.2 Å². The third-order valence-corrected chi connectivity index (χ3v) is 2.02. The highest BCUT2D eigenvalue weighted by Crippen LogP contribution is 2.19. The van der Waals surface area contributed by atoms with Crippen molar-refractivity contribution < 1.29 is 14.3 Å². The Labute approximate surface area is 82.9 Å². The van der Waals surface area contributed by atoms with Gasteiger partial charge < -0.3 is 9.47 Å². The van der Waals surface area contributed by atoms with Gasteiger partial charge in [-0.2, -0.15) is 0 Å². The van der Waals surface area contributed by atoms with Crippen molar-refractivity contribution in [3.05, 3.63) is 23.9 Å². The largest absolute Gasteiger partial charge is 0.481 e. The molecule has 0 radical (unpaired) electrons. The van der Waals surface area contributed by atoms with E-state index in [-0.39, 0.29) is 11.9 Å². The number of esters is 1. The Morgan fingerprint density at radius 2 is 2.21 bits per heavy atom. The number of pyridine rings is 1. The fourth-order valence-electron chi connectivity index (χ4n) is 1.12. The molecule has 0 saturated carbocycles. The molecule has 1 rings (SSSR count). The summed E-state index contributed by atoms with van der Waals surface area (Å²) < 4.78 is 9.59. The smallest absolute Gasteiger partial charge is 0.312 e. The molecule has 0 bridgehead atoms. The van der Waals surface area contributed by atoms with E-state index in [4.69, 9.17) is 4.74 Å². The Bertz CT molecular complexity index is 325. The molecule has 0 aliphatic heterocycles. The van der Waals surface area contributed by atoms with Crippen LogP contribution >= 0.6 is 0 Å². The van der Waals surface area contributed by atoms with Crippen molar-refractivity contribution >= 4 is 5.97 Å². The maximum absolute atomic E-state index is 11.2. The fraction of sp³-hybridized carbons (Fsp3) is 0.400. The summed E-state index contributed by atoms with van der Waals surface area (Å²) in [7, 11) is 2.91. The molecule has 0 spiro atoms. The standard InChI is InChI=1S/C10H13NO3/c1-7(10(12)14-3)8-4-5-11-9(6-8)13-2/h4-7H,1-3H3. The van der Waals surface area contributed by atoms with Crippen LogP contribution in [0.2, 0.25) is 0 Å². The summed E-state index contributed by atoms with van der Waals surface area (Å²) in [4.78, 5) is 15.2. The minimum Gasteiger partial charge on any atom is -0.481 e. The van der Waals surface area contributed by atoms with Crippen molar-refractivity contribution in [3.8, 4) is 5.88 Å². The number of carbonyl (C=O) groups excluding carboxylic acids is 1. The first kappa shape index (κ1) is 10.5. The number of nitrogens with zero attached hydrogens (tertiary/aromatic N) is 1. The second-order valence-electron chi connectivity index (χ2n) is 2.88. The van der Waals surface area contributed by atoms with E-state index in [2.05, 4.69) is 9.72 Å². The molecule has 0 saturated heterocycles. The Kier molecular flexibility index (Phi) is 3.45. The van der Waals surface area contributed by atoms with Gasteiger partial charge in [-0.1, -0.05) is 0 Å². The predicted molar refractivity (Wildman–Crippen MR) is 51.2 cm³/mol. The molecule has 0 amide bonds. The van der Waals surface area contributed by atoms with Crippen molar-refractivity contribution in [1.29, 1.82) is 0 Å². The number of aromatic nitrogens is 1. The lowest BCUT2D eigenvalue weighted by atomic mass is 10.0. The van der Waals surface area contributed by atoms with E-state index in [0.717, 1.165) is 5.56 Å². The molecule has 1 heterocycles. The Balaban J connectivity index is 2.89. The van der Waals surface area contributed by atoms with Gasteiger partial charge in [0.1, 0.15) is 0 Å². The first-order chi connectivity index (χ1) is 6.69. The Hall–Kier alpha value is -1.58. The van der Waals surface area contributed by atoms with Crippen LogP contribution in [0.5, 0.6) is 5.88 Å². The van der Waals surface area contributed by atoms with Gasteiger partial charge in [0.2, 0.25) is 5.88 Å². The number of rotatable bonds is 3. The minimum atomic E-state index is -0.295. The fourth-order valence-corrected chi connectivity index (χ4v) is 1.12. The second-order valence-corrected chi connectivity index (χ2v) is 2.88. The maximum atomic E-state index is 11.2. The van der Waals surface area contributed by atoms with Crippen molar-refractivity contribution in [3.63, 3.8) is 0 Å². The third-order valence-electron chi connectivity index (χ3n) is 2.02. The molecule has 1 unspecified atom stereocenters. The summed E-state index contributed by atoms with van der Waals surface area (Å²) in [5, 5.41) is 0. The van der Waals surface area contributed by atoms with Gasteiger partial charge >= 0.3 is 5.97 Å². The lowest BCUT2D eigenvalue weighted by molar-refractivity contribution is -0.141. The molecule has 14 heavy (non-hydrogen) atoms. The lowest BCUT2D eigenvalue weighted by Gasteiger charge is -2.09. The number of hydrogen-bond donors (Lipinski definition) is 0. The van der Waals surface area contributed by atoms with Gasteiger partial charge in [0.05, 0.1) is 20.1 Å². The molecular formula is C10H13NO3. The van der Waals surface area contributed by atoms with E-state index in [0.29, 0.717) is 5.88 Å². The van der Waals surface area contributed by atoms with Crippen LogP contribution in [0.3, 0.4) is 0 Å². The van der Waals surface area contributed by atoms with Crippen LogP contribution in [0.15, 0.2) is 18.3 Å². The first-order valence-electron chi connectivity index (χ1n) is 4.26. The van der Waals surface area contributed by atoms with Crippen molar-refractivity contribution in [1.82, 2.24) is 4.98 Å². The number of methoxy groups -OCH3 is 2. The highest BCUT2D eigenvalue weighted by Gasteiger charge is 2.15. The van der Waals surface area contributed by atoms with Gasteiger partial charge in [0, 0.05) is 12.3 Å². The molecule has 0 N–H and O–H groups in total. The molecule has 0 aliphatic rings. The van der Waals surface area contributed by atoms with Gasteiger partial charge in [-0.25, -0.2) is 4.98 Å². The monoisotopic (exact) mass is 195 g/mol. The van der Waals surface area contributed by atoms with Crippen LogP contribution in [0, 0.1) is 0 Å². The van der Waals surface area contributed by atoms with E-state index in [1.165, 1.54) is 14.2 Å². The molecule has 1 aromatic rings. The first-order valence-corrected chi connectivity index (χ1v) is 4.26. The van der Waals surface area contributed by atoms with E-state index in [1.807, 2.05) is 0 Å². The molecule has 4 heteroatoms. The Morgan fingerprint density at radius 1 is 1.50 bits per heavy atom. The Morgan fingerprint density at radius 3 is 2.79 bits per heavy atom. The molecule has 0 aliphatic carbocycles. The van der Waals surface area contributed by atoms with Crippen molar-refractivity contribution in [2.45, 2.75) is 12.8 Å². The zero-order valence-electron chi connectivity index (χ0n) is 8.48. The normalized spacial score (nSPS) is 11.9. The van der Waals surface area contributed by atoms with E-state index >= 15 is 0 Å². The molecule has 0 aromatic carbocycles. The van der Waals surface area contributed by atoms with Gasteiger partial charge in [-0.15, -0.1) is 0 Å². The molecule has 4 nitrogen and oxygen atoms in total. The molecule has 1 aromatic heterocycles. The van der Waals surface area contributed by atoms with Crippen LogP contribution in [0.25, 0.3) is 0 Å². The third kappa shape index (κ3) is 2.22. The number of hydrogen-bond acceptors (Lipinski definition) is 4. The number of ether oxygens (including phenoxy) is 2. The van der Waals surface area contributed by atoms with E-state index < -0.39 is 0 Å². The van der Waals surface area contributed by atoms with Crippen LogP contribution in [0.1, 0.15) is 18.4 Å². The van der Waals surface area contributed by atoms with Gasteiger partial charge in [0.25, 0.3) is 0 Å². The van der Waals surface area contributed by atoms with Gasteiger partial charge in [-0.05, 0) is 18.6 Å². The van der Waals surface area contributed by atoms with Gasteiger partial charge in [0.15, 0.2) is 0 Å². The highest BCUT2D eigenvalue weighted by atomic mass is 16.5. The van der Waals surface area contributed by atoms with Gasteiger partial charge in [-0.3, -0.25) is 4.79 Å². The topological polar surface area (TPSA) is 48.4 Å². The quantitative estimate of drug-likeness (QED) is 0.683. The summed E-state index contributed by atoms with van der Waals surface area (Å²) in [6, 6.07) is 3.49. The lowest BCUT2D eigenvalue weighted by Crippen LogP contribution is -2.10.